The topological polar surface area (TPSA) is 52.0 Å². The van der Waals surface area contributed by atoms with E-state index in [1.165, 1.54) is 0 Å². The van der Waals surface area contributed by atoms with Gasteiger partial charge in [-0.3, -0.25) is 4.98 Å². The lowest BCUT2D eigenvalue weighted by Crippen LogP contribution is -2.32. The van der Waals surface area contributed by atoms with Gasteiger partial charge in [0.15, 0.2) is 0 Å². The van der Waals surface area contributed by atoms with E-state index >= 15 is 0 Å². The maximum atomic E-state index is 5.58. The molecule has 2 aromatic heterocycles. The zero-order valence-electron chi connectivity index (χ0n) is 10.8. The van der Waals surface area contributed by atoms with E-state index in [9.17, 15) is 0 Å². The number of ether oxygens (including phenoxy) is 1. The van der Waals surface area contributed by atoms with Crippen LogP contribution in [-0.4, -0.2) is 40.8 Å². The highest BCUT2D eigenvalue weighted by Gasteiger charge is 2.32. The van der Waals surface area contributed by atoms with Gasteiger partial charge in [-0.15, -0.1) is 0 Å². The molecule has 0 spiro atoms. The number of nitrogens with zero attached hydrogens (tertiary/aromatic N) is 3. The molecule has 5 heteroatoms. The number of nitrogens with one attached hydrogen (secondary N) is 1. The van der Waals surface area contributed by atoms with Crippen molar-refractivity contribution in [1.29, 1.82) is 0 Å². The Morgan fingerprint density at radius 1 is 1.50 bits per heavy atom. The van der Waals surface area contributed by atoms with Crippen LogP contribution in [0.15, 0.2) is 18.5 Å². The van der Waals surface area contributed by atoms with E-state index in [-0.39, 0.29) is 0 Å². The van der Waals surface area contributed by atoms with Crippen LogP contribution >= 0.6 is 0 Å². The van der Waals surface area contributed by atoms with Crippen molar-refractivity contribution < 1.29 is 4.74 Å². The van der Waals surface area contributed by atoms with Crippen molar-refractivity contribution >= 4 is 11.0 Å². The molecule has 0 bridgehead atoms. The molecule has 1 fully saturated rings. The van der Waals surface area contributed by atoms with Crippen molar-refractivity contribution in [1.82, 2.24) is 19.9 Å². The Labute approximate surface area is 106 Å². The Hall–Kier alpha value is -1.46. The van der Waals surface area contributed by atoms with Gasteiger partial charge in [0, 0.05) is 18.8 Å². The van der Waals surface area contributed by atoms with E-state index in [2.05, 4.69) is 21.8 Å². The zero-order chi connectivity index (χ0) is 12.5. The summed E-state index contributed by atoms with van der Waals surface area (Å²) in [7, 11) is 1.98. The second kappa shape index (κ2) is 4.66. The van der Waals surface area contributed by atoms with Gasteiger partial charge in [-0.25, -0.2) is 4.98 Å². The third-order valence-electron chi connectivity index (χ3n) is 3.68. The standard InChI is InChI=1S/C13H18N4O/c1-3-17-12-4-5-15-6-10(12)16-13(17)9-7-18-8-11(9)14-2/h4-6,9,11,14H,3,7-8H2,1-2H3. The van der Waals surface area contributed by atoms with E-state index in [4.69, 9.17) is 9.72 Å². The number of fused-ring (bicyclic) bond motifs is 1. The number of imidazole rings is 1. The van der Waals surface area contributed by atoms with Crippen molar-refractivity contribution in [3.63, 3.8) is 0 Å². The van der Waals surface area contributed by atoms with Crippen LogP contribution in [0.25, 0.3) is 11.0 Å². The molecule has 1 aliphatic heterocycles. The summed E-state index contributed by atoms with van der Waals surface area (Å²) in [6, 6.07) is 2.37. The first kappa shape index (κ1) is 11.6. The highest BCUT2D eigenvalue weighted by atomic mass is 16.5. The quantitative estimate of drug-likeness (QED) is 0.882. The molecule has 18 heavy (non-hydrogen) atoms. The van der Waals surface area contributed by atoms with Crippen LogP contribution < -0.4 is 5.32 Å². The van der Waals surface area contributed by atoms with Gasteiger partial charge in [0.1, 0.15) is 11.3 Å². The van der Waals surface area contributed by atoms with Crippen molar-refractivity contribution in [2.75, 3.05) is 20.3 Å². The molecule has 2 atom stereocenters. The number of pyridine rings is 1. The maximum Gasteiger partial charge on any atom is 0.117 e. The van der Waals surface area contributed by atoms with Gasteiger partial charge >= 0.3 is 0 Å². The Kier molecular flexibility index (Phi) is 3.01. The first-order chi connectivity index (χ1) is 8.85. The molecule has 1 N–H and O–H groups in total. The fraction of sp³-hybridized carbons (Fsp3) is 0.538. The Balaban J connectivity index is 2.10. The van der Waals surface area contributed by atoms with Crippen molar-refractivity contribution in [3.05, 3.63) is 24.3 Å². The molecule has 0 amide bonds. The van der Waals surface area contributed by atoms with E-state index in [1.54, 1.807) is 0 Å². The molecule has 1 aliphatic rings. The van der Waals surface area contributed by atoms with Gasteiger partial charge in [-0.1, -0.05) is 0 Å². The number of hydrogen-bond donors (Lipinski definition) is 1. The molecule has 0 aromatic carbocycles. The molecule has 96 valence electrons. The highest BCUT2D eigenvalue weighted by Crippen LogP contribution is 2.28. The Morgan fingerprint density at radius 3 is 3.17 bits per heavy atom. The second-order valence-corrected chi connectivity index (χ2v) is 4.62. The highest BCUT2D eigenvalue weighted by molar-refractivity contribution is 5.74. The van der Waals surface area contributed by atoms with Gasteiger partial charge in [-0.2, -0.15) is 0 Å². The van der Waals surface area contributed by atoms with Crippen LogP contribution in [0.4, 0.5) is 0 Å². The van der Waals surface area contributed by atoms with Crippen molar-refractivity contribution in [3.8, 4) is 0 Å². The molecule has 5 nitrogen and oxygen atoms in total. The first-order valence-corrected chi connectivity index (χ1v) is 6.40. The average molecular weight is 246 g/mol. The minimum Gasteiger partial charge on any atom is -0.379 e. The molecule has 0 radical (unpaired) electrons. The summed E-state index contributed by atoms with van der Waals surface area (Å²) in [5, 5.41) is 3.31. The molecule has 3 heterocycles. The predicted octanol–water partition coefficient (Wildman–Crippen LogP) is 1.15. The molecule has 2 unspecified atom stereocenters. The fourth-order valence-electron chi connectivity index (χ4n) is 2.71. The minimum absolute atomic E-state index is 0.322. The lowest BCUT2D eigenvalue weighted by Gasteiger charge is -2.17. The smallest absolute Gasteiger partial charge is 0.117 e. The first-order valence-electron chi connectivity index (χ1n) is 6.40. The number of hydrogen-bond acceptors (Lipinski definition) is 4. The van der Waals surface area contributed by atoms with Crippen LogP contribution in [0.5, 0.6) is 0 Å². The molecular formula is C13H18N4O. The third kappa shape index (κ3) is 1.71. The zero-order valence-corrected chi connectivity index (χ0v) is 10.8. The molecule has 0 aliphatic carbocycles. The van der Waals surface area contributed by atoms with Gasteiger partial charge in [0.05, 0.1) is 30.8 Å². The maximum absolute atomic E-state index is 5.58. The van der Waals surface area contributed by atoms with E-state index < -0.39 is 0 Å². The Morgan fingerprint density at radius 2 is 2.39 bits per heavy atom. The number of likely N-dealkylation sites (N-methyl/N-ethyl adjacent to an activating group) is 1. The van der Waals surface area contributed by atoms with Crippen LogP contribution in [0.2, 0.25) is 0 Å². The van der Waals surface area contributed by atoms with E-state index in [0.29, 0.717) is 12.0 Å². The largest absolute Gasteiger partial charge is 0.379 e. The number of rotatable bonds is 3. The lowest BCUT2D eigenvalue weighted by molar-refractivity contribution is 0.187. The summed E-state index contributed by atoms with van der Waals surface area (Å²) in [5.41, 5.74) is 2.13. The third-order valence-corrected chi connectivity index (χ3v) is 3.68. The molecular weight excluding hydrogens is 228 g/mol. The molecule has 2 aromatic rings. The van der Waals surface area contributed by atoms with Gasteiger partial charge in [0.2, 0.25) is 0 Å². The summed E-state index contributed by atoms with van der Waals surface area (Å²) in [6.07, 6.45) is 3.65. The second-order valence-electron chi connectivity index (χ2n) is 4.62. The van der Waals surface area contributed by atoms with Crippen LogP contribution in [0.3, 0.4) is 0 Å². The minimum atomic E-state index is 0.322. The Bertz CT molecular complexity index is 551. The summed E-state index contributed by atoms with van der Waals surface area (Å²) in [5.74, 6) is 1.43. The molecule has 1 saturated heterocycles. The van der Waals surface area contributed by atoms with Crippen LogP contribution in [0, 0.1) is 0 Å². The summed E-state index contributed by atoms with van der Waals surface area (Å²) >= 11 is 0. The number of aryl methyl sites for hydroxylation is 1. The van der Waals surface area contributed by atoms with Crippen molar-refractivity contribution in [2.45, 2.75) is 25.4 Å². The predicted molar refractivity (Wildman–Crippen MR) is 69.6 cm³/mol. The van der Waals surface area contributed by atoms with Gasteiger partial charge in [0.25, 0.3) is 0 Å². The summed E-state index contributed by atoms with van der Waals surface area (Å²) in [4.78, 5) is 8.89. The van der Waals surface area contributed by atoms with E-state index in [0.717, 1.165) is 36.6 Å². The summed E-state index contributed by atoms with van der Waals surface area (Å²) in [6.45, 7) is 4.56. The SMILES string of the molecule is CCn1c(C2COCC2NC)nc2cnccc21. The normalized spacial score (nSPS) is 23.9. The van der Waals surface area contributed by atoms with Gasteiger partial charge in [-0.05, 0) is 20.0 Å². The van der Waals surface area contributed by atoms with Crippen LogP contribution in [0.1, 0.15) is 18.7 Å². The van der Waals surface area contributed by atoms with Gasteiger partial charge < -0.3 is 14.6 Å². The summed E-state index contributed by atoms with van der Waals surface area (Å²) < 4.78 is 7.84. The monoisotopic (exact) mass is 246 g/mol. The molecule has 3 rings (SSSR count). The van der Waals surface area contributed by atoms with E-state index in [1.807, 2.05) is 25.5 Å². The fourth-order valence-corrected chi connectivity index (χ4v) is 2.71. The van der Waals surface area contributed by atoms with Crippen molar-refractivity contribution in [2.24, 2.45) is 0 Å². The number of aromatic nitrogens is 3. The molecule has 0 saturated carbocycles. The van der Waals surface area contributed by atoms with Crippen LogP contribution in [-0.2, 0) is 11.3 Å². The lowest BCUT2D eigenvalue weighted by atomic mass is 10.0. The average Bonchev–Trinajstić information content (AvgIpc) is 3.01.